The monoisotopic (exact) mass is 218 g/mol. The van der Waals surface area contributed by atoms with Gasteiger partial charge in [0.2, 0.25) is 0 Å². The van der Waals surface area contributed by atoms with Crippen LogP contribution in [0.4, 0.5) is 0 Å². The standard InChI is InChI=1S/C8H10O3S2/c1-2-12-7-3-5-8(6-4-7)13(9,10)11/h3-6H,2H2,1H3,(H,9,10,11). The predicted molar refractivity (Wildman–Crippen MR) is 52.7 cm³/mol. The Bertz CT molecular complexity index is 367. The summed E-state index contributed by atoms with van der Waals surface area (Å²) in [6.45, 7) is 2.02. The van der Waals surface area contributed by atoms with Crippen LogP contribution in [0.3, 0.4) is 0 Å². The van der Waals surface area contributed by atoms with Crippen molar-refractivity contribution in [2.45, 2.75) is 16.7 Å². The summed E-state index contributed by atoms with van der Waals surface area (Å²) in [6, 6.07) is 6.15. The van der Waals surface area contributed by atoms with Gasteiger partial charge in [0.25, 0.3) is 10.1 Å². The molecule has 1 N–H and O–H groups in total. The number of benzene rings is 1. The van der Waals surface area contributed by atoms with Crippen molar-refractivity contribution in [3.8, 4) is 0 Å². The second kappa shape index (κ2) is 4.13. The fourth-order valence-corrected chi connectivity index (χ4v) is 2.02. The summed E-state index contributed by atoms with van der Waals surface area (Å²) in [7, 11) is -4.04. The molecular formula is C8H10O3S2. The van der Waals surface area contributed by atoms with Gasteiger partial charge in [0.15, 0.2) is 0 Å². The predicted octanol–water partition coefficient (Wildman–Crippen LogP) is 2.05. The van der Waals surface area contributed by atoms with E-state index in [0.29, 0.717) is 0 Å². The molecule has 0 fully saturated rings. The minimum atomic E-state index is -4.04. The lowest BCUT2D eigenvalue weighted by Crippen LogP contribution is -1.96. The zero-order valence-electron chi connectivity index (χ0n) is 7.10. The summed E-state index contributed by atoms with van der Waals surface area (Å²) >= 11 is 1.62. The molecule has 1 aromatic rings. The van der Waals surface area contributed by atoms with Crippen molar-refractivity contribution in [2.75, 3.05) is 5.75 Å². The molecule has 0 radical (unpaired) electrons. The third-order valence-corrected chi connectivity index (χ3v) is 3.19. The van der Waals surface area contributed by atoms with Gasteiger partial charge in [-0.2, -0.15) is 8.42 Å². The van der Waals surface area contributed by atoms with Crippen LogP contribution in [0.15, 0.2) is 34.1 Å². The molecule has 0 saturated heterocycles. The summed E-state index contributed by atoms with van der Waals surface area (Å²) in [5, 5.41) is 0. The minimum absolute atomic E-state index is 0.0621. The van der Waals surface area contributed by atoms with Gasteiger partial charge < -0.3 is 0 Å². The minimum Gasteiger partial charge on any atom is -0.282 e. The molecule has 0 atom stereocenters. The van der Waals surface area contributed by atoms with Crippen molar-refractivity contribution in [2.24, 2.45) is 0 Å². The highest BCUT2D eigenvalue weighted by Crippen LogP contribution is 2.19. The van der Waals surface area contributed by atoms with Crippen LogP contribution in [-0.4, -0.2) is 18.7 Å². The molecule has 0 unspecified atom stereocenters. The van der Waals surface area contributed by atoms with Gasteiger partial charge in [-0.25, -0.2) is 0 Å². The average Bonchev–Trinajstić information content (AvgIpc) is 2.04. The molecule has 3 nitrogen and oxygen atoms in total. The van der Waals surface area contributed by atoms with E-state index in [1.807, 2.05) is 6.92 Å². The SMILES string of the molecule is CCSc1ccc(S(=O)(=O)O)cc1. The first-order valence-electron chi connectivity index (χ1n) is 3.74. The van der Waals surface area contributed by atoms with Crippen molar-refractivity contribution in [3.63, 3.8) is 0 Å². The lowest BCUT2D eigenvalue weighted by atomic mass is 10.4. The van der Waals surface area contributed by atoms with Crippen LogP contribution < -0.4 is 0 Å². The zero-order chi connectivity index (χ0) is 9.90. The van der Waals surface area contributed by atoms with E-state index in [9.17, 15) is 8.42 Å². The Kier molecular flexibility index (Phi) is 3.35. The summed E-state index contributed by atoms with van der Waals surface area (Å²) in [5.74, 6) is 0.936. The van der Waals surface area contributed by atoms with E-state index in [1.54, 1.807) is 23.9 Å². The summed E-state index contributed by atoms with van der Waals surface area (Å²) in [4.78, 5) is 0.933. The second-order valence-corrected chi connectivity index (χ2v) is 5.14. The topological polar surface area (TPSA) is 54.4 Å². The van der Waals surface area contributed by atoms with Crippen LogP contribution in [0.2, 0.25) is 0 Å². The molecule has 0 heterocycles. The summed E-state index contributed by atoms with van der Waals surface area (Å²) in [5.41, 5.74) is 0. The maximum absolute atomic E-state index is 10.7. The van der Waals surface area contributed by atoms with Gasteiger partial charge in [-0.05, 0) is 30.0 Å². The van der Waals surface area contributed by atoms with E-state index >= 15 is 0 Å². The van der Waals surface area contributed by atoms with Gasteiger partial charge >= 0.3 is 0 Å². The van der Waals surface area contributed by atoms with Crippen molar-refractivity contribution in [1.82, 2.24) is 0 Å². The first-order valence-corrected chi connectivity index (χ1v) is 6.17. The van der Waals surface area contributed by atoms with Crippen LogP contribution in [0, 0.1) is 0 Å². The van der Waals surface area contributed by atoms with Crippen molar-refractivity contribution < 1.29 is 13.0 Å². The summed E-state index contributed by atoms with van der Waals surface area (Å²) in [6.07, 6.45) is 0. The van der Waals surface area contributed by atoms with Crippen molar-refractivity contribution >= 4 is 21.9 Å². The largest absolute Gasteiger partial charge is 0.294 e. The Morgan fingerprint density at radius 1 is 1.31 bits per heavy atom. The van der Waals surface area contributed by atoms with Gasteiger partial charge in [0, 0.05) is 4.90 Å². The number of hydrogen-bond acceptors (Lipinski definition) is 3. The third kappa shape index (κ3) is 3.02. The van der Waals surface area contributed by atoms with E-state index < -0.39 is 10.1 Å². The molecule has 5 heteroatoms. The quantitative estimate of drug-likeness (QED) is 0.623. The van der Waals surface area contributed by atoms with Crippen molar-refractivity contribution in [3.05, 3.63) is 24.3 Å². The second-order valence-electron chi connectivity index (χ2n) is 2.38. The molecule has 0 aromatic heterocycles. The molecule has 0 aliphatic carbocycles. The van der Waals surface area contributed by atoms with Gasteiger partial charge in [-0.3, -0.25) is 4.55 Å². The molecule has 1 aromatic carbocycles. The van der Waals surface area contributed by atoms with Gasteiger partial charge in [-0.15, -0.1) is 11.8 Å². The Hall–Kier alpha value is -0.520. The van der Waals surface area contributed by atoms with Crippen LogP contribution in [0.5, 0.6) is 0 Å². The fraction of sp³-hybridized carbons (Fsp3) is 0.250. The summed E-state index contributed by atoms with van der Waals surface area (Å²) < 4.78 is 30.0. The molecule has 13 heavy (non-hydrogen) atoms. The maximum atomic E-state index is 10.7. The van der Waals surface area contributed by atoms with E-state index in [0.717, 1.165) is 10.6 Å². The molecule has 1 rings (SSSR count). The van der Waals surface area contributed by atoms with Crippen LogP contribution >= 0.6 is 11.8 Å². The zero-order valence-corrected chi connectivity index (χ0v) is 8.73. The normalized spacial score (nSPS) is 11.5. The highest BCUT2D eigenvalue weighted by molar-refractivity contribution is 7.99. The first-order chi connectivity index (χ1) is 6.04. The van der Waals surface area contributed by atoms with E-state index in [-0.39, 0.29) is 4.90 Å². The first kappa shape index (κ1) is 10.6. The Morgan fingerprint density at radius 3 is 2.23 bits per heavy atom. The van der Waals surface area contributed by atoms with Crippen LogP contribution in [-0.2, 0) is 10.1 Å². The Labute approximate surface area is 81.9 Å². The maximum Gasteiger partial charge on any atom is 0.294 e. The molecule has 0 aliphatic heterocycles. The van der Waals surface area contributed by atoms with E-state index in [4.69, 9.17) is 4.55 Å². The average molecular weight is 218 g/mol. The van der Waals surface area contributed by atoms with Crippen LogP contribution in [0.25, 0.3) is 0 Å². The van der Waals surface area contributed by atoms with Gasteiger partial charge in [0.05, 0.1) is 4.90 Å². The number of rotatable bonds is 3. The third-order valence-electron chi connectivity index (χ3n) is 1.43. The smallest absolute Gasteiger partial charge is 0.282 e. The molecular weight excluding hydrogens is 208 g/mol. The van der Waals surface area contributed by atoms with Crippen molar-refractivity contribution in [1.29, 1.82) is 0 Å². The highest BCUT2D eigenvalue weighted by Gasteiger charge is 2.07. The molecule has 72 valence electrons. The molecule has 0 aliphatic rings. The van der Waals surface area contributed by atoms with Gasteiger partial charge in [0.1, 0.15) is 0 Å². The number of hydrogen-bond donors (Lipinski definition) is 1. The lowest BCUT2D eigenvalue weighted by Gasteiger charge is -1.99. The molecule has 0 spiro atoms. The molecule has 0 bridgehead atoms. The van der Waals surface area contributed by atoms with E-state index in [2.05, 4.69) is 0 Å². The van der Waals surface area contributed by atoms with Crippen LogP contribution in [0.1, 0.15) is 6.92 Å². The molecule has 0 saturated carbocycles. The Balaban J connectivity index is 2.94. The van der Waals surface area contributed by atoms with E-state index in [1.165, 1.54) is 12.1 Å². The van der Waals surface area contributed by atoms with Gasteiger partial charge in [-0.1, -0.05) is 6.92 Å². The molecule has 0 amide bonds. The lowest BCUT2D eigenvalue weighted by molar-refractivity contribution is 0.483. The highest BCUT2D eigenvalue weighted by atomic mass is 32.2. The fourth-order valence-electron chi connectivity index (χ4n) is 0.875. The number of thioether (sulfide) groups is 1. The Morgan fingerprint density at radius 2 is 1.85 bits per heavy atom.